The molecule has 0 radical (unpaired) electrons. The summed E-state index contributed by atoms with van der Waals surface area (Å²) in [6, 6.07) is 3.37. The van der Waals surface area contributed by atoms with E-state index in [9.17, 15) is 9.90 Å². The zero-order chi connectivity index (χ0) is 16.4. The average Bonchev–Trinajstić information content (AvgIpc) is 3.00. The highest BCUT2D eigenvalue weighted by atomic mass is 79.9. The number of aryl methyl sites for hydroxylation is 1. The van der Waals surface area contributed by atoms with Crippen molar-refractivity contribution in [2.75, 3.05) is 23.3 Å². The van der Waals surface area contributed by atoms with E-state index in [4.69, 9.17) is 0 Å². The fourth-order valence-corrected chi connectivity index (χ4v) is 3.20. The maximum absolute atomic E-state index is 12.3. The number of H-pyrrole nitrogens is 1. The van der Waals surface area contributed by atoms with Gasteiger partial charge in [-0.2, -0.15) is 4.98 Å². The van der Waals surface area contributed by atoms with Crippen LogP contribution in [0, 0.1) is 6.92 Å². The molecule has 3 N–H and O–H groups in total. The molecule has 0 atom stereocenters. The predicted octanol–water partition coefficient (Wildman–Crippen LogP) is 2.82. The number of nitrogens with one attached hydrogen (secondary N) is 2. The molecule has 1 amide bonds. The summed E-state index contributed by atoms with van der Waals surface area (Å²) in [7, 11) is 0. The van der Waals surface area contributed by atoms with Crippen molar-refractivity contribution in [3.63, 3.8) is 0 Å². The van der Waals surface area contributed by atoms with Gasteiger partial charge in [0.2, 0.25) is 11.9 Å². The van der Waals surface area contributed by atoms with Crippen LogP contribution < -0.4 is 10.2 Å². The first kappa shape index (κ1) is 15.8. The largest absolute Gasteiger partial charge is 0.506 e. The molecule has 1 fully saturated rings. The number of amides is 1. The van der Waals surface area contributed by atoms with Gasteiger partial charge in [0.05, 0.1) is 10.0 Å². The first-order valence-electron chi connectivity index (χ1n) is 7.52. The highest BCUT2D eigenvalue weighted by Crippen LogP contribution is 2.29. The number of rotatable bonds is 3. The van der Waals surface area contributed by atoms with Gasteiger partial charge >= 0.3 is 0 Å². The third-order valence-electron chi connectivity index (χ3n) is 3.80. The lowest BCUT2D eigenvalue weighted by molar-refractivity contribution is 0.102. The molecule has 1 aromatic heterocycles. The van der Waals surface area contributed by atoms with E-state index in [1.165, 1.54) is 6.42 Å². The van der Waals surface area contributed by atoms with Crippen LogP contribution in [-0.4, -0.2) is 39.3 Å². The van der Waals surface area contributed by atoms with Crippen molar-refractivity contribution in [2.24, 2.45) is 0 Å². The Bertz CT molecular complexity index is 725. The number of carbonyl (C=O) groups excluding carboxylic acids is 1. The van der Waals surface area contributed by atoms with E-state index >= 15 is 0 Å². The third kappa shape index (κ3) is 3.47. The van der Waals surface area contributed by atoms with E-state index < -0.39 is 5.91 Å². The maximum Gasteiger partial charge on any atom is 0.261 e. The Morgan fingerprint density at radius 2 is 2.09 bits per heavy atom. The number of benzene rings is 1. The second-order valence-corrected chi connectivity index (χ2v) is 6.48. The van der Waals surface area contributed by atoms with Crippen LogP contribution in [0.4, 0.5) is 11.9 Å². The molecule has 0 aliphatic carbocycles. The molecule has 0 bridgehead atoms. The van der Waals surface area contributed by atoms with Crippen molar-refractivity contribution in [3.8, 4) is 5.75 Å². The number of phenols is 1. The van der Waals surface area contributed by atoms with Gasteiger partial charge in [-0.25, -0.2) is 5.10 Å². The van der Waals surface area contributed by atoms with Crippen LogP contribution in [0.2, 0.25) is 0 Å². The standard InChI is InChI=1S/C15H18BrN5O2/c1-9-7-10(12(22)11(16)8-9)13(23)17-14-18-15(20-19-14)21-5-3-2-4-6-21/h7-8,22H,2-6H2,1H3,(H2,17,18,19,20,23). The SMILES string of the molecule is Cc1cc(Br)c(O)c(C(=O)Nc2nc(N3CCCCC3)n[nH]2)c1. The number of aromatic amines is 1. The van der Waals surface area contributed by atoms with E-state index in [1.54, 1.807) is 12.1 Å². The van der Waals surface area contributed by atoms with Crippen LogP contribution in [0.15, 0.2) is 16.6 Å². The Labute approximate surface area is 142 Å². The highest BCUT2D eigenvalue weighted by Gasteiger charge is 2.18. The van der Waals surface area contributed by atoms with Gasteiger partial charge in [0.25, 0.3) is 5.91 Å². The molecule has 122 valence electrons. The van der Waals surface area contributed by atoms with E-state index in [0.29, 0.717) is 10.4 Å². The van der Waals surface area contributed by atoms with Gasteiger partial charge in [0.15, 0.2) is 0 Å². The fraction of sp³-hybridized carbons (Fsp3) is 0.400. The highest BCUT2D eigenvalue weighted by molar-refractivity contribution is 9.10. The van der Waals surface area contributed by atoms with Crippen molar-refractivity contribution in [1.82, 2.24) is 15.2 Å². The van der Waals surface area contributed by atoms with Gasteiger partial charge in [-0.1, -0.05) is 0 Å². The Morgan fingerprint density at radius 3 is 2.83 bits per heavy atom. The summed E-state index contributed by atoms with van der Waals surface area (Å²) in [6.07, 6.45) is 3.48. The summed E-state index contributed by atoms with van der Waals surface area (Å²) in [6.45, 7) is 3.71. The molecule has 3 rings (SSSR count). The number of hydrogen-bond acceptors (Lipinski definition) is 5. The smallest absolute Gasteiger partial charge is 0.261 e. The Kier molecular flexibility index (Phi) is 4.51. The molecule has 2 heterocycles. The number of halogens is 1. The molecule has 0 spiro atoms. The van der Waals surface area contributed by atoms with Crippen LogP contribution in [0.25, 0.3) is 0 Å². The lowest BCUT2D eigenvalue weighted by atomic mass is 10.1. The summed E-state index contributed by atoms with van der Waals surface area (Å²) in [5.74, 6) is 0.333. The van der Waals surface area contributed by atoms with Crippen molar-refractivity contribution >= 4 is 33.7 Å². The van der Waals surface area contributed by atoms with Crippen LogP contribution in [0.5, 0.6) is 5.75 Å². The second kappa shape index (κ2) is 6.57. The number of aromatic nitrogens is 3. The molecule has 2 aromatic rings. The van der Waals surface area contributed by atoms with Gasteiger partial charge in [-0.15, -0.1) is 5.10 Å². The molecular formula is C15H18BrN5O2. The van der Waals surface area contributed by atoms with Crippen LogP contribution >= 0.6 is 15.9 Å². The normalized spacial score (nSPS) is 14.8. The zero-order valence-electron chi connectivity index (χ0n) is 12.8. The summed E-state index contributed by atoms with van der Waals surface area (Å²) in [5, 5.41) is 19.5. The number of anilines is 2. The fourth-order valence-electron chi connectivity index (χ4n) is 2.63. The maximum atomic E-state index is 12.3. The quantitative estimate of drug-likeness (QED) is 0.761. The van der Waals surface area contributed by atoms with Crippen molar-refractivity contribution in [2.45, 2.75) is 26.2 Å². The number of piperidine rings is 1. The molecule has 1 aliphatic heterocycles. The molecule has 1 aromatic carbocycles. The van der Waals surface area contributed by atoms with Crippen LogP contribution in [0.1, 0.15) is 35.2 Å². The molecular weight excluding hydrogens is 362 g/mol. The Morgan fingerprint density at radius 1 is 1.35 bits per heavy atom. The molecule has 0 unspecified atom stereocenters. The third-order valence-corrected chi connectivity index (χ3v) is 4.40. The van der Waals surface area contributed by atoms with Crippen LogP contribution in [0.3, 0.4) is 0 Å². The topological polar surface area (TPSA) is 94.1 Å². The number of hydrogen-bond donors (Lipinski definition) is 3. The van der Waals surface area contributed by atoms with Gasteiger partial charge in [0.1, 0.15) is 5.75 Å². The first-order chi connectivity index (χ1) is 11.0. The minimum atomic E-state index is -0.437. The summed E-state index contributed by atoms with van der Waals surface area (Å²) >= 11 is 3.23. The molecule has 1 saturated heterocycles. The van der Waals surface area contributed by atoms with Gasteiger partial charge < -0.3 is 10.0 Å². The summed E-state index contributed by atoms with van der Waals surface area (Å²) in [4.78, 5) is 18.7. The summed E-state index contributed by atoms with van der Waals surface area (Å²) < 4.78 is 0.481. The predicted molar refractivity (Wildman–Crippen MR) is 90.9 cm³/mol. The molecule has 1 aliphatic rings. The number of aromatic hydroxyl groups is 1. The van der Waals surface area contributed by atoms with E-state index in [2.05, 4.69) is 41.3 Å². The van der Waals surface area contributed by atoms with E-state index in [-0.39, 0.29) is 17.3 Å². The monoisotopic (exact) mass is 379 g/mol. The van der Waals surface area contributed by atoms with Crippen molar-refractivity contribution < 1.29 is 9.90 Å². The molecule has 0 saturated carbocycles. The lowest BCUT2D eigenvalue weighted by Crippen LogP contribution is -2.30. The second-order valence-electron chi connectivity index (χ2n) is 5.63. The average molecular weight is 380 g/mol. The molecule has 23 heavy (non-hydrogen) atoms. The minimum absolute atomic E-state index is 0.0936. The Balaban J connectivity index is 1.74. The van der Waals surface area contributed by atoms with Crippen LogP contribution in [-0.2, 0) is 0 Å². The lowest BCUT2D eigenvalue weighted by Gasteiger charge is -2.24. The van der Waals surface area contributed by atoms with Crippen molar-refractivity contribution in [3.05, 3.63) is 27.7 Å². The number of phenolic OH excluding ortho intramolecular Hbond substituents is 1. The molecule has 8 heteroatoms. The van der Waals surface area contributed by atoms with Gasteiger partial charge in [0, 0.05) is 13.1 Å². The number of nitrogens with zero attached hydrogens (tertiary/aromatic N) is 3. The summed E-state index contributed by atoms with van der Waals surface area (Å²) in [5.41, 5.74) is 1.05. The van der Waals surface area contributed by atoms with E-state index in [1.807, 2.05) is 6.92 Å². The zero-order valence-corrected chi connectivity index (χ0v) is 14.4. The van der Waals surface area contributed by atoms with Gasteiger partial charge in [-0.3, -0.25) is 10.1 Å². The van der Waals surface area contributed by atoms with Gasteiger partial charge in [-0.05, 0) is 59.8 Å². The molecule has 7 nitrogen and oxygen atoms in total. The van der Waals surface area contributed by atoms with E-state index in [0.717, 1.165) is 31.5 Å². The first-order valence-corrected chi connectivity index (χ1v) is 8.31. The van der Waals surface area contributed by atoms with Crippen molar-refractivity contribution in [1.29, 1.82) is 0 Å². The Hall–Kier alpha value is -2.09. The minimum Gasteiger partial charge on any atom is -0.506 e. The number of carbonyl (C=O) groups is 1.